The summed E-state index contributed by atoms with van der Waals surface area (Å²) >= 11 is 1.85. The molecule has 0 radical (unpaired) electrons. The fourth-order valence-electron chi connectivity index (χ4n) is 9.84. The minimum absolute atomic E-state index is 0.937. The van der Waals surface area contributed by atoms with E-state index < -0.39 is 0 Å². The number of fused-ring (bicyclic) bond motifs is 12. The van der Waals surface area contributed by atoms with Crippen LogP contribution in [-0.4, -0.2) is 0 Å². The molecule has 0 saturated carbocycles. The molecule has 0 aliphatic rings. The number of furan rings is 1. The molecule has 58 heavy (non-hydrogen) atoms. The second kappa shape index (κ2) is 12.1. The van der Waals surface area contributed by atoms with Crippen molar-refractivity contribution in [3.8, 4) is 33.4 Å². The van der Waals surface area contributed by atoms with Crippen LogP contribution in [0.15, 0.2) is 199 Å². The van der Waals surface area contributed by atoms with Gasteiger partial charge in [-0.05, 0) is 124 Å². The van der Waals surface area contributed by atoms with Crippen molar-refractivity contribution in [2.45, 2.75) is 0 Å². The van der Waals surface area contributed by atoms with E-state index in [1.165, 1.54) is 118 Å². The third kappa shape index (κ3) is 4.58. The summed E-state index contributed by atoms with van der Waals surface area (Å²) in [6.07, 6.45) is 0. The van der Waals surface area contributed by atoms with Crippen LogP contribution in [0.5, 0.6) is 0 Å². The predicted molar refractivity (Wildman–Crippen MR) is 250 cm³/mol. The summed E-state index contributed by atoms with van der Waals surface area (Å²) in [6, 6.07) is 71.6. The molecule has 0 unspecified atom stereocenters. The van der Waals surface area contributed by atoms with Gasteiger partial charge in [-0.1, -0.05) is 158 Å². The van der Waals surface area contributed by atoms with Gasteiger partial charge in [0.2, 0.25) is 0 Å². The van der Waals surface area contributed by atoms with Gasteiger partial charge in [-0.3, -0.25) is 0 Å². The lowest BCUT2D eigenvalue weighted by Gasteiger charge is -2.19. The maximum Gasteiger partial charge on any atom is 0.136 e. The number of hydrogen-bond acceptors (Lipinski definition) is 2. The highest BCUT2D eigenvalue weighted by molar-refractivity contribution is 7.26. The second-order valence-corrected chi connectivity index (χ2v) is 16.6. The van der Waals surface area contributed by atoms with Crippen LogP contribution in [0.25, 0.3) is 129 Å². The van der Waals surface area contributed by atoms with Gasteiger partial charge in [0.05, 0.1) is 0 Å². The van der Waals surface area contributed by atoms with Gasteiger partial charge in [0, 0.05) is 30.9 Å². The van der Waals surface area contributed by atoms with E-state index in [0.717, 1.165) is 11.2 Å². The molecule has 0 bridgehead atoms. The molecule has 0 atom stereocenters. The van der Waals surface area contributed by atoms with Crippen LogP contribution in [0.2, 0.25) is 0 Å². The average Bonchev–Trinajstić information content (AvgIpc) is 3.83. The lowest BCUT2D eigenvalue weighted by Crippen LogP contribution is -1.91. The predicted octanol–water partition coefficient (Wildman–Crippen LogP) is 16.7. The van der Waals surface area contributed by atoms with Crippen molar-refractivity contribution in [2.24, 2.45) is 0 Å². The van der Waals surface area contributed by atoms with Crippen LogP contribution in [0, 0.1) is 0 Å². The van der Waals surface area contributed by atoms with Crippen molar-refractivity contribution >= 4 is 107 Å². The topological polar surface area (TPSA) is 13.1 Å². The Morgan fingerprint density at radius 2 is 0.879 bits per heavy atom. The quantitative estimate of drug-likeness (QED) is 0.164. The molecular weight excluding hydrogens is 721 g/mol. The largest absolute Gasteiger partial charge is 0.456 e. The smallest absolute Gasteiger partial charge is 0.136 e. The van der Waals surface area contributed by atoms with Crippen LogP contribution in [-0.2, 0) is 0 Å². The van der Waals surface area contributed by atoms with E-state index >= 15 is 0 Å². The van der Waals surface area contributed by atoms with Gasteiger partial charge < -0.3 is 4.42 Å². The third-order valence-electron chi connectivity index (χ3n) is 12.4. The Morgan fingerprint density at radius 1 is 0.293 bits per heavy atom. The molecule has 2 heteroatoms. The van der Waals surface area contributed by atoms with E-state index in [1.807, 2.05) is 17.4 Å². The van der Waals surface area contributed by atoms with E-state index in [0.29, 0.717) is 0 Å². The van der Waals surface area contributed by atoms with Crippen molar-refractivity contribution < 1.29 is 4.42 Å². The molecule has 13 rings (SSSR count). The highest BCUT2D eigenvalue weighted by Gasteiger charge is 2.20. The third-order valence-corrected chi connectivity index (χ3v) is 13.5. The summed E-state index contributed by atoms with van der Waals surface area (Å²) in [5.74, 6) is 0. The molecule has 0 amide bonds. The molecule has 0 aliphatic heterocycles. The number of para-hydroxylation sites is 1. The minimum Gasteiger partial charge on any atom is -0.456 e. The van der Waals surface area contributed by atoms with Gasteiger partial charge >= 0.3 is 0 Å². The summed E-state index contributed by atoms with van der Waals surface area (Å²) in [5.41, 5.74) is 9.44. The van der Waals surface area contributed by atoms with Crippen molar-refractivity contribution in [2.75, 3.05) is 0 Å². The molecule has 0 spiro atoms. The number of benzene rings is 11. The molecule has 0 saturated heterocycles. The summed E-state index contributed by atoms with van der Waals surface area (Å²) in [7, 11) is 0. The summed E-state index contributed by atoms with van der Waals surface area (Å²) in [5, 5.41) is 17.6. The van der Waals surface area contributed by atoms with Crippen LogP contribution in [0.4, 0.5) is 0 Å². The number of rotatable bonds is 3. The van der Waals surface area contributed by atoms with Crippen LogP contribution >= 0.6 is 11.3 Å². The first-order valence-corrected chi connectivity index (χ1v) is 20.7. The first-order chi connectivity index (χ1) is 28.7. The maximum atomic E-state index is 6.30. The highest BCUT2D eigenvalue weighted by Crippen LogP contribution is 2.48. The van der Waals surface area contributed by atoms with Gasteiger partial charge in [-0.25, -0.2) is 0 Å². The number of thiophene rings is 1. The summed E-state index contributed by atoms with van der Waals surface area (Å²) in [6.45, 7) is 0. The Labute approximate surface area is 337 Å². The lowest BCUT2D eigenvalue weighted by atomic mass is 9.84. The maximum absolute atomic E-state index is 6.30. The molecule has 2 heterocycles. The lowest BCUT2D eigenvalue weighted by molar-refractivity contribution is 0.669. The zero-order valence-corrected chi connectivity index (χ0v) is 32.1. The fraction of sp³-hybridized carbons (Fsp3) is 0. The van der Waals surface area contributed by atoms with Gasteiger partial charge in [0.25, 0.3) is 0 Å². The Kier molecular flexibility index (Phi) is 6.66. The zero-order valence-electron chi connectivity index (χ0n) is 31.3. The monoisotopic (exact) mass is 752 g/mol. The van der Waals surface area contributed by atoms with Crippen LogP contribution < -0.4 is 0 Å². The molecule has 0 fully saturated rings. The first kappa shape index (κ1) is 31.9. The van der Waals surface area contributed by atoms with E-state index in [2.05, 4.69) is 188 Å². The van der Waals surface area contributed by atoms with Gasteiger partial charge in [-0.15, -0.1) is 11.3 Å². The van der Waals surface area contributed by atoms with Crippen LogP contribution in [0.1, 0.15) is 0 Å². The van der Waals surface area contributed by atoms with E-state index in [4.69, 9.17) is 4.42 Å². The van der Waals surface area contributed by atoms with Crippen molar-refractivity contribution in [1.82, 2.24) is 0 Å². The van der Waals surface area contributed by atoms with Gasteiger partial charge in [0.15, 0.2) is 0 Å². The molecule has 2 aromatic heterocycles. The Hall–Kier alpha value is -7.26. The van der Waals surface area contributed by atoms with Crippen molar-refractivity contribution in [3.05, 3.63) is 194 Å². The normalized spacial score (nSPS) is 12.1. The van der Waals surface area contributed by atoms with Gasteiger partial charge in [0.1, 0.15) is 11.2 Å². The van der Waals surface area contributed by atoms with Crippen molar-refractivity contribution in [1.29, 1.82) is 0 Å². The molecule has 11 aromatic carbocycles. The Balaban J connectivity index is 0.981. The summed E-state index contributed by atoms with van der Waals surface area (Å²) < 4.78 is 8.84. The van der Waals surface area contributed by atoms with E-state index in [9.17, 15) is 0 Å². The molecular formula is C56H32OS. The molecule has 13 aromatic rings. The zero-order chi connectivity index (χ0) is 37.9. The Bertz CT molecular complexity index is 3800. The fourth-order valence-corrected chi connectivity index (χ4v) is 11.0. The molecule has 1 nitrogen and oxygen atoms in total. The second-order valence-electron chi connectivity index (χ2n) is 15.5. The molecule has 0 aliphatic carbocycles. The van der Waals surface area contributed by atoms with Crippen molar-refractivity contribution in [3.63, 3.8) is 0 Å². The van der Waals surface area contributed by atoms with Crippen LogP contribution in [0.3, 0.4) is 0 Å². The molecule has 0 N–H and O–H groups in total. The van der Waals surface area contributed by atoms with Gasteiger partial charge in [-0.2, -0.15) is 0 Å². The Morgan fingerprint density at radius 3 is 1.64 bits per heavy atom. The highest BCUT2D eigenvalue weighted by atomic mass is 32.1. The summed E-state index contributed by atoms with van der Waals surface area (Å²) in [4.78, 5) is 0. The van der Waals surface area contributed by atoms with E-state index in [-0.39, 0.29) is 0 Å². The SMILES string of the molecule is c1ccc2c(-c3c4ccccc4c(-c4ccc5cc(-c6cc7sc8cc9oc%10ccccc%10c9cc8c7c7ccccc67)ccc5c4)c4ccccc34)cccc2c1. The molecule has 268 valence electrons. The first-order valence-electron chi connectivity index (χ1n) is 19.9. The number of hydrogen-bond donors (Lipinski definition) is 0. The van der Waals surface area contributed by atoms with E-state index in [1.54, 1.807) is 0 Å². The minimum atomic E-state index is 0.937. The average molecular weight is 753 g/mol. The standard InChI is InChI=1S/C56H32OS/c1-2-14-38-33(12-1)13-11-22-41(38)55-45-20-7-5-18-43(45)54(44-19-6-8-21-46(44)55)37-27-25-34-28-36(26-24-35(34)29-37)47-31-53-56(42-17-4-3-15-39(42)47)49-30-48-40-16-9-10-23-50(40)57-51(48)32-52(49)58-53/h1-32H.